The number of phenols is 1. The Bertz CT molecular complexity index is 1080. The third-order valence-electron chi connectivity index (χ3n) is 4.61. The van der Waals surface area contributed by atoms with Crippen LogP contribution in [0.3, 0.4) is 0 Å². The molecule has 2 aromatic carbocycles. The summed E-state index contributed by atoms with van der Waals surface area (Å²) in [5, 5.41) is 26.6. The largest absolute Gasteiger partial charge is 0.507 e. The third-order valence-corrected chi connectivity index (χ3v) is 4.61. The number of hydrogen-bond acceptors (Lipinski definition) is 6. The lowest BCUT2D eigenvalue weighted by atomic mass is 10.1. The highest BCUT2D eigenvalue weighted by Crippen LogP contribution is 2.31. The van der Waals surface area contributed by atoms with Crippen molar-refractivity contribution in [2.75, 3.05) is 25.0 Å². The summed E-state index contributed by atoms with van der Waals surface area (Å²) < 4.78 is 13.7. The second-order valence-electron chi connectivity index (χ2n) is 6.58. The van der Waals surface area contributed by atoms with Crippen LogP contribution in [0.1, 0.15) is 12.0 Å². The molecule has 1 saturated heterocycles. The van der Waals surface area contributed by atoms with E-state index in [0.717, 1.165) is 24.9 Å². The predicted molar refractivity (Wildman–Crippen MR) is 105 cm³/mol. The summed E-state index contributed by atoms with van der Waals surface area (Å²) in [7, 11) is 0. The Morgan fingerprint density at radius 1 is 1.21 bits per heavy atom. The lowest BCUT2D eigenvalue weighted by Gasteiger charge is -2.16. The molecule has 3 aromatic rings. The fraction of sp³-hybridized carbons (Fsp3) is 0.238. The Hall–Kier alpha value is -3.21. The molecule has 0 saturated carbocycles. The molecule has 1 aromatic heterocycles. The fourth-order valence-corrected chi connectivity index (χ4v) is 3.24. The van der Waals surface area contributed by atoms with Gasteiger partial charge in [0.2, 0.25) is 0 Å². The van der Waals surface area contributed by atoms with Gasteiger partial charge in [-0.25, -0.2) is 14.4 Å². The van der Waals surface area contributed by atoms with Crippen LogP contribution in [0.4, 0.5) is 10.2 Å². The quantitative estimate of drug-likeness (QED) is 0.523. The van der Waals surface area contributed by atoms with Gasteiger partial charge < -0.3 is 20.8 Å². The Morgan fingerprint density at radius 2 is 2.11 bits per heavy atom. The lowest BCUT2D eigenvalue weighted by Crippen LogP contribution is -2.23. The molecule has 0 bridgehead atoms. The zero-order valence-corrected chi connectivity index (χ0v) is 15.0. The molecule has 28 heavy (non-hydrogen) atoms. The van der Waals surface area contributed by atoms with Crippen LogP contribution in [0.5, 0.6) is 5.75 Å². The number of benzene rings is 2. The molecule has 4 rings (SSSR count). The zero-order chi connectivity index (χ0) is 19.5. The second kappa shape index (κ2) is 7.80. The number of aromatic hydroxyl groups is 1. The number of nitrogens with one attached hydrogen (secondary N) is 2. The summed E-state index contributed by atoms with van der Waals surface area (Å²) in [5.41, 5.74) is 1.54. The predicted octanol–water partition coefficient (Wildman–Crippen LogP) is 2.26. The summed E-state index contributed by atoms with van der Waals surface area (Å²) in [6, 6.07) is 9.41. The lowest BCUT2D eigenvalue weighted by molar-refractivity contribution is 0.350. The Morgan fingerprint density at radius 3 is 2.89 bits per heavy atom. The highest BCUT2D eigenvalue weighted by atomic mass is 19.1. The van der Waals surface area contributed by atoms with Crippen molar-refractivity contribution in [3.63, 3.8) is 0 Å². The summed E-state index contributed by atoms with van der Waals surface area (Å²) in [6.45, 7) is 1.52. The molecule has 1 aliphatic rings. The number of aromatic nitrogens is 2. The normalized spacial score (nSPS) is 16.0. The van der Waals surface area contributed by atoms with E-state index < -0.39 is 5.82 Å². The fourth-order valence-electron chi connectivity index (χ4n) is 3.24. The molecular formula is C21H19FN4O2. The number of hydrogen-bond donors (Lipinski definition) is 4. The van der Waals surface area contributed by atoms with E-state index in [2.05, 4.69) is 32.4 Å². The van der Waals surface area contributed by atoms with Crippen molar-refractivity contribution in [1.29, 1.82) is 0 Å². The molecule has 0 unspecified atom stereocenters. The van der Waals surface area contributed by atoms with Crippen LogP contribution in [-0.4, -0.2) is 45.9 Å². The first-order valence-electron chi connectivity index (χ1n) is 9.02. The third kappa shape index (κ3) is 3.74. The summed E-state index contributed by atoms with van der Waals surface area (Å²) in [4.78, 5) is 9.10. The van der Waals surface area contributed by atoms with Crippen molar-refractivity contribution in [1.82, 2.24) is 15.3 Å². The van der Waals surface area contributed by atoms with Gasteiger partial charge >= 0.3 is 0 Å². The SMILES string of the molecule is OCC#Cc1ccc2c(N[C@H]3CCNC3)nc(-c3cc(F)ccc3O)nc2c1. The topological polar surface area (TPSA) is 90.3 Å². The number of rotatable bonds is 3. The van der Waals surface area contributed by atoms with E-state index in [1.807, 2.05) is 12.1 Å². The van der Waals surface area contributed by atoms with Crippen LogP contribution in [-0.2, 0) is 0 Å². The first-order valence-corrected chi connectivity index (χ1v) is 9.02. The molecule has 1 fully saturated rings. The number of phenolic OH excluding ortho intramolecular Hbond substituents is 1. The minimum Gasteiger partial charge on any atom is -0.507 e. The molecule has 1 atom stereocenters. The van der Waals surface area contributed by atoms with Gasteiger partial charge in [-0.2, -0.15) is 0 Å². The van der Waals surface area contributed by atoms with E-state index >= 15 is 0 Å². The van der Waals surface area contributed by atoms with Crippen LogP contribution >= 0.6 is 0 Å². The number of aliphatic hydroxyl groups is 1. The number of nitrogens with zero attached hydrogens (tertiary/aromatic N) is 2. The molecule has 0 radical (unpaired) electrons. The van der Waals surface area contributed by atoms with Crippen LogP contribution in [0.25, 0.3) is 22.3 Å². The smallest absolute Gasteiger partial charge is 0.165 e. The van der Waals surface area contributed by atoms with Crippen molar-refractivity contribution < 1.29 is 14.6 Å². The second-order valence-corrected chi connectivity index (χ2v) is 6.58. The molecule has 1 aliphatic heterocycles. The van der Waals surface area contributed by atoms with E-state index in [1.54, 1.807) is 6.07 Å². The molecule has 0 aliphatic carbocycles. The van der Waals surface area contributed by atoms with E-state index in [9.17, 15) is 9.50 Å². The first-order chi connectivity index (χ1) is 13.6. The number of aliphatic hydroxyl groups excluding tert-OH is 1. The number of fused-ring (bicyclic) bond motifs is 1. The van der Waals surface area contributed by atoms with Gasteiger partial charge in [0.1, 0.15) is 24.0 Å². The monoisotopic (exact) mass is 378 g/mol. The van der Waals surface area contributed by atoms with Gasteiger partial charge in [-0.1, -0.05) is 11.8 Å². The Kier molecular flexibility index (Phi) is 5.06. The van der Waals surface area contributed by atoms with Gasteiger partial charge in [0.25, 0.3) is 0 Å². The van der Waals surface area contributed by atoms with E-state index in [-0.39, 0.29) is 29.8 Å². The molecule has 0 spiro atoms. The molecule has 2 heterocycles. The number of anilines is 1. The van der Waals surface area contributed by atoms with Crippen LogP contribution in [0.2, 0.25) is 0 Å². The van der Waals surface area contributed by atoms with Gasteiger partial charge in [-0.3, -0.25) is 0 Å². The van der Waals surface area contributed by atoms with Crippen molar-refractivity contribution >= 4 is 16.7 Å². The molecule has 7 heteroatoms. The maximum absolute atomic E-state index is 13.7. The number of halogens is 1. The van der Waals surface area contributed by atoms with Gasteiger partial charge in [-0.05, 0) is 49.4 Å². The Labute approximate surface area is 161 Å². The standard InChI is InChI=1S/C21H19FN4O2/c22-14-4-6-19(28)17(11-14)21-25-18-10-13(2-1-9-27)3-5-16(18)20(26-21)24-15-7-8-23-12-15/h3-6,10-11,15,23,27-28H,7-9,12H2,(H,24,25,26)/t15-/m0/s1. The van der Waals surface area contributed by atoms with Gasteiger partial charge in [0.15, 0.2) is 5.82 Å². The average molecular weight is 378 g/mol. The van der Waals surface area contributed by atoms with Gasteiger partial charge in [0, 0.05) is 23.5 Å². The Balaban J connectivity index is 1.87. The van der Waals surface area contributed by atoms with Crippen molar-refractivity contribution in [3.8, 4) is 29.0 Å². The van der Waals surface area contributed by atoms with E-state index in [1.165, 1.54) is 18.2 Å². The molecule has 0 amide bonds. The average Bonchev–Trinajstić information content (AvgIpc) is 3.21. The maximum atomic E-state index is 13.7. The maximum Gasteiger partial charge on any atom is 0.165 e. The van der Waals surface area contributed by atoms with E-state index in [0.29, 0.717) is 16.9 Å². The summed E-state index contributed by atoms with van der Waals surface area (Å²) >= 11 is 0. The van der Waals surface area contributed by atoms with Crippen LogP contribution in [0, 0.1) is 17.7 Å². The molecule has 142 valence electrons. The van der Waals surface area contributed by atoms with Gasteiger partial charge in [-0.15, -0.1) is 0 Å². The van der Waals surface area contributed by atoms with Crippen molar-refractivity contribution in [3.05, 3.63) is 47.8 Å². The minimum absolute atomic E-state index is 0.0922. The summed E-state index contributed by atoms with van der Waals surface area (Å²) in [5.74, 6) is 5.75. The first kappa shape index (κ1) is 18.2. The van der Waals surface area contributed by atoms with Crippen LogP contribution in [0.15, 0.2) is 36.4 Å². The van der Waals surface area contributed by atoms with Crippen molar-refractivity contribution in [2.24, 2.45) is 0 Å². The highest BCUT2D eigenvalue weighted by molar-refractivity contribution is 5.92. The molecular weight excluding hydrogens is 359 g/mol. The van der Waals surface area contributed by atoms with E-state index in [4.69, 9.17) is 5.11 Å². The van der Waals surface area contributed by atoms with Gasteiger partial charge in [0.05, 0.1) is 11.1 Å². The minimum atomic E-state index is -0.478. The van der Waals surface area contributed by atoms with Crippen LogP contribution < -0.4 is 10.6 Å². The summed E-state index contributed by atoms with van der Waals surface area (Å²) in [6.07, 6.45) is 0.964. The highest BCUT2D eigenvalue weighted by Gasteiger charge is 2.18. The zero-order valence-electron chi connectivity index (χ0n) is 15.0. The molecule has 6 nitrogen and oxygen atoms in total. The van der Waals surface area contributed by atoms with Crippen molar-refractivity contribution in [2.45, 2.75) is 12.5 Å². The molecule has 4 N–H and O–H groups in total.